The van der Waals surface area contributed by atoms with Crippen LogP contribution in [-0.4, -0.2) is 33.9 Å². The van der Waals surface area contributed by atoms with Crippen molar-refractivity contribution in [2.24, 2.45) is 0 Å². The van der Waals surface area contributed by atoms with Crippen molar-refractivity contribution >= 4 is 28.3 Å². The molecule has 1 aromatic carbocycles. The molecule has 1 N–H and O–H groups in total. The summed E-state index contributed by atoms with van der Waals surface area (Å²) in [4.78, 5) is 24.1. The molecule has 0 aliphatic carbocycles. The molecule has 3 heterocycles. The van der Waals surface area contributed by atoms with Crippen LogP contribution < -0.4 is 5.32 Å². The van der Waals surface area contributed by atoms with Gasteiger partial charge in [0, 0.05) is 36.1 Å². The van der Waals surface area contributed by atoms with E-state index in [0.717, 1.165) is 44.5 Å². The molecule has 1 aliphatic heterocycles. The number of carbonyl (C=O) groups excluding carboxylic acids is 1. The molecule has 2 aromatic heterocycles. The van der Waals surface area contributed by atoms with E-state index in [4.69, 9.17) is 5.26 Å². The first-order valence-electron chi connectivity index (χ1n) is 10.1. The first kappa shape index (κ1) is 19.8. The van der Waals surface area contributed by atoms with Gasteiger partial charge in [0.2, 0.25) is 0 Å². The van der Waals surface area contributed by atoms with Crippen molar-refractivity contribution in [2.45, 2.75) is 32.6 Å². The number of aromatic nitrogens is 2. The fourth-order valence-electron chi connectivity index (χ4n) is 3.75. The molecule has 0 spiro atoms. The van der Waals surface area contributed by atoms with Gasteiger partial charge >= 0.3 is 0 Å². The van der Waals surface area contributed by atoms with E-state index in [1.54, 1.807) is 12.3 Å². The smallest absolute Gasteiger partial charge is 0.257 e. The highest BCUT2D eigenvalue weighted by molar-refractivity contribution is 6.07. The van der Waals surface area contributed by atoms with E-state index >= 15 is 0 Å². The van der Waals surface area contributed by atoms with E-state index in [0.29, 0.717) is 28.0 Å². The number of carbonyl (C=O) groups is 1. The minimum atomic E-state index is -0.583. The van der Waals surface area contributed by atoms with E-state index in [1.807, 2.05) is 30.0 Å². The molecule has 1 aliphatic rings. The maximum absolute atomic E-state index is 13.8. The van der Waals surface area contributed by atoms with Crippen molar-refractivity contribution in [3.63, 3.8) is 0 Å². The molecule has 1 amide bonds. The summed E-state index contributed by atoms with van der Waals surface area (Å²) in [6.45, 7) is 3.32. The Morgan fingerprint density at radius 1 is 1.17 bits per heavy atom. The molecule has 1 fully saturated rings. The Balaban J connectivity index is 1.81. The third-order valence-electron chi connectivity index (χ3n) is 5.35. The molecule has 0 bridgehead atoms. The number of likely N-dealkylation sites (tertiary alicyclic amines) is 1. The van der Waals surface area contributed by atoms with Crippen LogP contribution in [0.25, 0.3) is 11.0 Å². The quantitative estimate of drug-likeness (QED) is 0.685. The monoisotopic (exact) mass is 403 g/mol. The van der Waals surface area contributed by atoms with Crippen LogP contribution >= 0.6 is 0 Å². The number of halogens is 1. The average molecular weight is 403 g/mol. The summed E-state index contributed by atoms with van der Waals surface area (Å²) in [5.41, 5.74) is 2.81. The number of nitrogens with one attached hydrogen (secondary N) is 1. The molecule has 0 atom stereocenters. The van der Waals surface area contributed by atoms with Crippen LogP contribution in [0.4, 0.5) is 15.8 Å². The number of nitriles is 1. The van der Waals surface area contributed by atoms with Gasteiger partial charge in [-0.15, -0.1) is 0 Å². The van der Waals surface area contributed by atoms with Gasteiger partial charge in [-0.2, -0.15) is 5.26 Å². The summed E-state index contributed by atoms with van der Waals surface area (Å²) < 4.78 is 13.8. The zero-order chi connectivity index (χ0) is 21.1. The Hall–Kier alpha value is -3.53. The van der Waals surface area contributed by atoms with E-state index < -0.39 is 5.82 Å². The van der Waals surface area contributed by atoms with Gasteiger partial charge in [-0.3, -0.25) is 4.79 Å². The number of fused-ring (bicyclic) bond motifs is 1. The van der Waals surface area contributed by atoms with Crippen molar-refractivity contribution in [3.05, 3.63) is 59.2 Å². The SMILES string of the molecule is Cc1ccc2c(Nc3ccc(F)c(C#N)c3)c(C(=O)N3CCCCCC3)cnc2n1. The van der Waals surface area contributed by atoms with Crippen LogP contribution in [-0.2, 0) is 0 Å². The molecule has 0 radical (unpaired) electrons. The molecule has 7 heteroatoms. The molecule has 3 aromatic rings. The number of hydrogen-bond donors (Lipinski definition) is 1. The summed E-state index contributed by atoms with van der Waals surface area (Å²) in [6, 6.07) is 9.80. The summed E-state index contributed by atoms with van der Waals surface area (Å²) >= 11 is 0. The molecule has 1 saturated heterocycles. The van der Waals surface area contributed by atoms with Crippen molar-refractivity contribution in [1.82, 2.24) is 14.9 Å². The lowest BCUT2D eigenvalue weighted by atomic mass is 10.1. The summed E-state index contributed by atoms with van der Waals surface area (Å²) in [5.74, 6) is -0.669. The second-order valence-electron chi connectivity index (χ2n) is 7.51. The van der Waals surface area contributed by atoms with Crippen molar-refractivity contribution in [3.8, 4) is 6.07 Å². The minimum absolute atomic E-state index is 0.0623. The van der Waals surface area contributed by atoms with E-state index in [1.165, 1.54) is 12.1 Å². The summed E-state index contributed by atoms with van der Waals surface area (Å²) in [7, 11) is 0. The van der Waals surface area contributed by atoms with Gasteiger partial charge in [-0.1, -0.05) is 12.8 Å². The maximum atomic E-state index is 13.8. The zero-order valence-electron chi connectivity index (χ0n) is 16.8. The molecular formula is C23H22FN5O. The van der Waals surface area contributed by atoms with Gasteiger partial charge in [0.1, 0.15) is 11.9 Å². The molecule has 152 valence electrons. The molecule has 0 saturated carbocycles. The van der Waals surface area contributed by atoms with E-state index in [-0.39, 0.29) is 11.5 Å². The van der Waals surface area contributed by atoms with Gasteiger partial charge in [0.15, 0.2) is 5.65 Å². The lowest BCUT2D eigenvalue weighted by molar-refractivity contribution is 0.0762. The number of nitrogens with zero attached hydrogens (tertiary/aromatic N) is 4. The van der Waals surface area contributed by atoms with Crippen LogP contribution in [0.15, 0.2) is 36.5 Å². The fraction of sp³-hybridized carbons (Fsp3) is 0.304. The largest absolute Gasteiger partial charge is 0.354 e. The van der Waals surface area contributed by atoms with Gasteiger partial charge < -0.3 is 10.2 Å². The molecule has 6 nitrogen and oxygen atoms in total. The Morgan fingerprint density at radius 3 is 2.67 bits per heavy atom. The van der Waals surface area contributed by atoms with Crippen LogP contribution in [0.3, 0.4) is 0 Å². The number of aryl methyl sites for hydroxylation is 1. The normalized spacial score (nSPS) is 14.2. The fourth-order valence-corrected chi connectivity index (χ4v) is 3.75. The lowest BCUT2D eigenvalue weighted by Crippen LogP contribution is -2.32. The zero-order valence-corrected chi connectivity index (χ0v) is 16.8. The number of amides is 1. The molecular weight excluding hydrogens is 381 g/mol. The summed E-state index contributed by atoms with van der Waals surface area (Å²) in [6.07, 6.45) is 5.78. The first-order valence-corrected chi connectivity index (χ1v) is 10.1. The maximum Gasteiger partial charge on any atom is 0.257 e. The van der Waals surface area contributed by atoms with Crippen molar-refractivity contribution < 1.29 is 9.18 Å². The minimum Gasteiger partial charge on any atom is -0.354 e. The predicted molar refractivity (Wildman–Crippen MR) is 113 cm³/mol. The molecule has 30 heavy (non-hydrogen) atoms. The van der Waals surface area contributed by atoms with Gasteiger partial charge in [-0.05, 0) is 50.1 Å². The Labute approximate surface area is 174 Å². The average Bonchev–Trinajstić information content (AvgIpc) is 3.04. The Bertz CT molecular complexity index is 1150. The van der Waals surface area contributed by atoms with Crippen LogP contribution in [0.5, 0.6) is 0 Å². The second-order valence-corrected chi connectivity index (χ2v) is 7.51. The number of rotatable bonds is 3. The first-order chi connectivity index (χ1) is 14.6. The Morgan fingerprint density at radius 2 is 1.93 bits per heavy atom. The summed E-state index contributed by atoms with van der Waals surface area (Å²) in [5, 5.41) is 13.1. The second kappa shape index (κ2) is 8.46. The highest BCUT2D eigenvalue weighted by Crippen LogP contribution is 2.30. The predicted octanol–water partition coefficient (Wildman–Crippen LogP) is 4.71. The standard InChI is InChI=1S/C23H22FN5O/c1-15-6-8-18-21(28-17-7-9-20(24)16(12-17)13-25)19(14-26-22(18)27-15)23(30)29-10-4-2-3-5-11-29/h6-9,12,14H,2-5,10-11H2,1H3,(H,26,27,28). The third kappa shape index (κ3) is 3.94. The van der Waals surface area contributed by atoms with Gasteiger partial charge in [0.25, 0.3) is 5.91 Å². The van der Waals surface area contributed by atoms with Crippen LogP contribution in [0, 0.1) is 24.1 Å². The highest BCUT2D eigenvalue weighted by Gasteiger charge is 2.23. The number of hydrogen-bond acceptors (Lipinski definition) is 5. The van der Waals surface area contributed by atoms with Crippen molar-refractivity contribution in [1.29, 1.82) is 5.26 Å². The number of anilines is 2. The molecule has 0 unspecified atom stereocenters. The van der Waals surface area contributed by atoms with Crippen molar-refractivity contribution in [2.75, 3.05) is 18.4 Å². The van der Waals surface area contributed by atoms with E-state index in [9.17, 15) is 9.18 Å². The van der Waals surface area contributed by atoms with Crippen LogP contribution in [0.2, 0.25) is 0 Å². The number of benzene rings is 1. The van der Waals surface area contributed by atoms with E-state index in [2.05, 4.69) is 15.3 Å². The highest BCUT2D eigenvalue weighted by atomic mass is 19.1. The van der Waals surface area contributed by atoms with Gasteiger partial charge in [0.05, 0.1) is 16.8 Å². The lowest BCUT2D eigenvalue weighted by Gasteiger charge is -2.22. The number of pyridine rings is 2. The Kier molecular flexibility index (Phi) is 5.57. The topological polar surface area (TPSA) is 81.9 Å². The third-order valence-corrected chi connectivity index (χ3v) is 5.35. The van der Waals surface area contributed by atoms with Crippen LogP contribution in [0.1, 0.15) is 47.3 Å². The molecule has 4 rings (SSSR count). The van der Waals surface area contributed by atoms with Gasteiger partial charge in [-0.25, -0.2) is 14.4 Å².